The largest absolute Gasteiger partial charge is 0.379 e. The Hall–Kier alpha value is -0.360. The van der Waals surface area contributed by atoms with Crippen LogP contribution in [0.1, 0.15) is 6.92 Å². The average Bonchev–Trinajstić information content (AvgIpc) is 2.03. The zero-order chi connectivity index (χ0) is 10.3. The summed E-state index contributed by atoms with van der Waals surface area (Å²) >= 11 is 0. The first kappa shape index (κ1) is 12.6. The Balaban J connectivity index is 3.41. The molecule has 0 rings (SSSR count). The molecule has 0 aromatic rings. The van der Waals surface area contributed by atoms with E-state index >= 15 is 0 Å². The maximum atomic E-state index is 12.1. The Labute approximate surface area is 73.8 Å². The van der Waals surface area contributed by atoms with Crippen molar-refractivity contribution in [2.45, 2.75) is 19.3 Å². The fourth-order valence-electron chi connectivity index (χ4n) is 0.533. The van der Waals surface area contributed by atoms with Gasteiger partial charge in [-0.1, -0.05) is 0 Å². The molecule has 0 atom stereocenters. The van der Waals surface area contributed by atoms with Gasteiger partial charge < -0.3 is 9.47 Å². The van der Waals surface area contributed by atoms with Gasteiger partial charge in [0, 0.05) is 6.61 Å². The zero-order valence-corrected chi connectivity index (χ0v) is 7.23. The molecule has 0 unspecified atom stereocenters. The van der Waals surface area contributed by atoms with Crippen molar-refractivity contribution in [2.24, 2.45) is 0 Å². The van der Waals surface area contributed by atoms with Crippen LogP contribution in [0.25, 0.3) is 0 Å². The van der Waals surface area contributed by atoms with Crippen molar-refractivity contribution in [1.82, 2.24) is 0 Å². The fourth-order valence-corrected chi connectivity index (χ4v) is 0.533. The first-order valence-corrected chi connectivity index (χ1v) is 3.82. The smallest absolute Gasteiger partial charge is 0.330 e. The number of hydrogen-bond acceptors (Lipinski definition) is 2. The Bertz CT molecular complexity index is 130. The van der Waals surface area contributed by atoms with Crippen LogP contribution < -0.4 is 0 Å². The van der Waals surface area contributed by atoms with Crippen molar-refractivity contribution < 1.29 is 27.0 Å². The maximum Gasteiger partial charge on any atom is 0.330 e. The van der Waals surface area contributed by atoms with E-state index in [9.17, 15) is 17.6 Å². The van der Waals surface area contributed by atoms with Crippen LogP contribution >= 0.6 is 0 Å². The first-order chi connectivity index (χ1) is 6.00. The summed E-state index contributed by atoms with van der Waals surface area (Å²) in [5.41, 5.74) is 0. The third kappa shape index (κ3) is 5.81. The highest BCUT2D eigenvalue weighted by Gasteiger charge is 2.40. The fraction of sp³-hybridized carbons (Fsp3) is 1.00. The molecular weight excluding hydrogens is 192 g/mol. The van der Waals surface area contributed by atoms with Gasteiger partial charge in [-0.3, -0.25) is 0 Å². The molecule has 0 spiro atoms. The molecule has 0 heterocycles. The van der Waals surface area contributed by atoms with Crippen molar-refractivity contribution in [2.75, 3.05) is 26.4 Å². The van der Waals surface area contributed by atoms with E-state index in [1.807, 2.05) is 0 Å². The predicted molar refractivity (Wildman–Crippen MR) is 38.3 cm³/mol. The minimum Gasteiger partial charge on any atom is -0.379 e. The Morgan fingerprint density at radius 2 is 1.69 bits per heavy atom. The molecule has 0 saturated carbocycles. The Morgan fingerprint density at radius 3 is 2.15 bits per heavy atom. The van der Waals surface area contributed by atoms with Gasteiger partial charge in [0.15, 0.2) is 0 Å². The molecule has 0 aromatic heterocycles. The van der Waals surface area contributed by atoms with Gasteiger partial charge in [-0.25, -0.2) is 8.78 Å². The number of halogens is 4. The summed E-state index contributed by atoms with van der Waals surface area (Å²) in [7, 11) is 0. The van der Waals surface area contributed by atoms with E-state index < -0.39 is 19.0 Å². The normalized spacial score (nSPS) is 12.5. The van der Waals surface area contributed by atoms with E-state index in [4.69, 9.17) is 4.74 Å². The van der Waals surface area contributed by atoms with Crippen molar-refractivity contribution in [3.8, 4) is 0 Å². The van der Waals surface area contributed by atoms with Crippen molar-refractivity contribution >= 4 is 0 Å². The quantitative estimate of drug-likeness (QED) is 0.466. The van der Waals surface area contributed by atoms with Crippen molar-refractivity contribution in [3.05, 3.63) is 0 Å². The lowest BCUT2D eigenvalue weighted by atomic mass is 10.4. The highest BCUT2D eigenvalue weighted by Crippen LogP contribution is 2.22. The minimum atomic E-state index is -4.06. The van der Waals surface area contributed by atoms with Crippen LogP contribution in [-0.2, 0) is 9.47 Å². The average molecular weight is 204 g/mol. The molecule has 0 aliphatic carbocycles. The first-order valence-electron chi connectivity index (χ1n) is 3.82. The summed E-state index contributed by atoms with van der Waals surface area (Å²) in [5.74, 6) is -4.06. The van der Waals surface area contributed by atoms with Gasteiger partial charge in [0.1, 0.15) is 6.61 Å². The van der Waals surface area contributed by atoms with Gasteiger partial charge in [0.2, 0.25) is 0 Å². The molecule has 0 bridgehead atoms. The zero-order valence-electron chi connectivity index (χ0n) is 7.23. The molecular formula is C7H12F4O2. The van der Waals surface area contributed by atoms with Gasteiger partial charge in [-0.15, -0.1) is 0 Å². The molecule has 2 nitrogen and oxygen atoms in total. The molecule has 80 valence electrons. The van der Waals surface area contributed by atoms with Crippen molar-refractivity contribution in [1.29, 1.82) is 0 Å². The van der Waals surface area contributed by atoms with Gasteiger partial charge in [-0.05, 0) is 6.92 Å². The van der Waals surface area contributed by atoms with Crippen LogP contribution in [0.15, 0.2) is 0 Å². The Morgan fingerprint density at radius 1 is 1.15 bits per heavy atom. The van der Waals surface area contributed by atoms with E-state index in [1.165, 1.54) is 0 Å². The molecule has 0 N–H and O–H groups in total. The second kappa shape index (κ2) is 6.15. The molecule has 0 radical (unpaired) electrons. The Kier molecular flexibility index (Phi) is 5.98. The molecule has 6 heteroatoms. The number of alkyl halides is 4. The molecule has 0 aliphatic heterocycles. The van der Waals surface area contributed by atoms with E-state index in [2.05, 4.69) is 4.74 Å². The summed E-state index contributed by atoms with van der Waals surface area (Å²) in [4.78, 5) is 0. The summed E-state index contributed by atoms with van der Waals surface area (Å²) in [5, 5.41) is 0. The molecule has 0 aliphatic rings. The van der Waals surface area contributed by atoms with Crippen LogP contribution in [0.4, 0.5) is 17.6 Å². The predicted octanol–water partition coefficient (Wildman–Crippen LogP) is 1.94. The lowest BCUT2D eigenvalue weighted by Gasteiger charge is -2.14. The van der Waals surface area contributed by atoms with Gasteiger partial charge in [-0.2, -0.15) is 8.78 Å². The van der Waals surface area contributed by atoms with Gasteiger partial charge in [0.05, 0.1) is 13.2 Å². The van der Waals surface area contributed by atoms with E-state index in [0.29, 0.717) is 6.61 Å². The third-order valence-electron chi connectivity index (χ3n) is 1.19. The summed E-state index contributed by atoms with van der Waals surface area (Å²) in [6, 6.07) is 0. The highest BCUT2D eigenvalue weighted by molar-refractivity contribution is 4.67. The second-order valence-electron chi connectivity index (χ2n) is 2.31. The molecule has 0 aromatic carbocycles. The SMILES string of the molecule is CCOCCOCC(F)(F)C(F)F. The van der Waals surface area contributed by atoms with Crippen LogP contribution in [0.5, 0.6) is 0 Å². The third-order valence-corrected chi connectivity index (χ3v) is 1.19. The standard InChI is InChI=1S/C7H12F4O2/c1-2-12-3-4-13-5-7(10,11)6(8)9/h6H,2-5H2,1H3. The van der Waals surface area contributed by atoms with E-state index in [0.717, 1.165) is 0 Å². The highest BCUT2D eigenvalue weighted by atomic mass is 19.3. The van der Waals surface area contributed by atoms with Crippen LogP contribution in [0.3, 0.4) is 0 Å². The second-order valence-corrected chi connectivity index (χ2v) is 2.31. The number of ether oxygens (including phenoxy) is 2. The van der Waals surface area contributed by atoms with Crippen LogP contribution in [0, 0.1) is 0 Å². The number of hydrogen-bond donors (Lipinski definition) is 0. The maximum absolute atomic E-state index is 12.1. The van der Waals surface area contributed by atoms with Crippen LogP contribution in [0.2, 0.25) is 0 Å². The summed E-state index contributed by atoms with van der Waals surface area (Å²) in [6.07, 6.45) is -3.68. The summed E-state index contributed by atoms with van der Waals surface area (Å²) in [6.45, 7) is 0.937. The van der Waals surface area contributed by atoms with Gasteiger partial charge in [0.25, 0.3) is 0 Å². The minimum absolute atomic E-state index is 0.101. The lowest BCUT2D eigenvalue weighted by molar-refractivity contribution is -0.168. The van der Waals surface area contributed by atoms with E-state index in [1.54, 1.807) is 6.92 Å². The molecule has 13 heavy (non-hydrogen) atoms. The molecule has 0 fully saturated rings. The van der Waals surface area contributed by atoms with Crippen LogP contribution in [-0.4, -0.2) is 38.8 Å². The molecule has 0 amide bonds. The summed E-state index contributed by atoms with van der Waals surface area (Å²) < 4.78 is 56.4. The van der Waals surface area contributed by atoms with E-state index in [-0.39, 0.29) is 13.2 Å². The van der Waals surface area contributed by atoms with Crippen molar-refractivity contribution in [3.63, 3.8) is 0 Å². The monoisotopic (exact) mass is 204 g/mol. The number of rotatable bonds is 7. The van der Waals surface area contributed by atoms with Gasteiger partial charge >= 0.3 is 12.3 Å². The topological polar surface area (TPSA) is 18.5 Å². The molecule has 0 saturated heterocycles. The lowest BCUT2D eigenvalue weighted by Crippen LogP contribution is -2.32.